The summed E-state index contributed by atoms with van der Waals surface area (Å²) in [4.78, 5) is 10.7. The minimum Gasteiger partial charge on any atom is -0.258 e. The van der Waals surface area contributed by atoms with Gasteiger partial charge in [-0.2, -0.15) is 0 Å². The van der Waals surface area contributed by atoms with Gasteiger partial charge in [-0.1, -0.05) is 29.8 Å². The quantitative estimate of drug-likeness (QED) is 0.461. The van der Waals surface area contributed by atoms with E-state index in [9.17, 15) is 10.1 Å². The molecule has 1 aromatic carbocycles. The van der Waals surface area contributed by atoms with Crippen molar-refractivity contribution in [1.29, 1.82) is 0 Å². The van der Waals surface area contributed by atoms with Crippen molar-refractivity contribution in [3.8, 4) is 0 Å². The van der Waals surface area contributed by atoms with Crippen LogP contribution in [0.3, 0.4) is 0 Å². The molecule has 0 aliphatic carbocycles. The number of hydrogen-bond acceptors (Lipinski definition) is 4. The zero-order chi connectivity index (χ0) is 13.5. The van der Waals surface area contributed by atoms with E-state index in [1.165, 1.54) is 23.5 Å². The van der Waals surface area contributed by atoms with Crippen molar-refractivity contribution in [3.63, 3.8) is 0 Å². The zero-order valence-electron chi connectivity index (χ0n) is 10.5. The maximum absolute atomic E-state index is 11.0. The summed E-state index contributed by atoms with van der Waals surface area (Å²) in [5.41, 5.74) is 2.09. The van der Waals surface area contributed by atoms with E-state index in [1.807, 2.05) is 43.7 Å². The molecule has 0 spiro atoms. The molecule has 0 aromatic heterocycles. The normalized spacial score (nSPS) is 11.2. The van der Waals surface area contributed by atoms with Gasteiger partial charge in [0.05, 0.1) is 4.92 Å². The summed E-state index contributed by atoms with van der Waals surface area (Å²) in [6, 6.07) is 7.64. The lowest BCUT2D eigenvalue weighted by Crippen LogP contribution is -1.95. The van der Waals surface area contributed by atoms with Gasteiger partial charge in [0.2, 0.25) is 0 Å². The third kappa shape index (κ3) is 4.58. The molecule has 0 saturated carbocycles. The molecule has 1 rings (SSSR count). The first-order chi connectivity index (χ1) is 8.56. The SMILES string of the molecule is CSC(=C/C(=C\c1ccc(C)cc1)[N+](=O)[O-])SC. The molecule has 0 bridgehead atoms. The van der Waals surface area contributed by atoms with E-state index in [1.54, 1.807) is 12.2 Å². The summed E-state index contributed by atoms with van der Waals surface area (Å²) in [7, 11) is 0. The molecule has 0 N–H and O–H groups in total. The Morgan fingerprint density at radius 2 is 1.78 bits per heavy atom. The van der Waals surface area contributed by atoms with Gasteiger partial charge in [-0.15, -0.1) is 23.5 Å². The Hall–Kier alpha value is -1.20. The van der Waals surface area contributed by atoms with Gasteiger partial charge in [-0.25, -0.2) is 0 Å². The largest absolute Gasteiger partial charge is 0.271 e. The molecule has 96 valence electrons. The molecule has 1 aromatic rings. The molecule has 3 nitrogen and oxygen atoms in total. The fraction of sp³-hybridized carbons (Fsp3) is 0.231. The van der Waals surface area contributed by atoms with Crippen molar-refractivity contribution in [2.45, 2.75) is 6.92 Å². The molecule has 0 aliphatic heterocycles. The Bertz CT molecular complexity index is 472. The molecule has 0 saturated heterocycles. The van der Waals surface area contributed by atoms with Crippen LogP contribution in [0.5, 0.6) is 0 Å². The molecule has 18 heavy (non-hydrogen) atoms. The molecule has 0 radical (unpaired) electrons. The van der Waals surface area contributed by atoms with Crippen LogP contribution >= 0.6 is 23.5 Å². The van der Waals surface area contributed by atoms with E-state index >= 15 is 0 Å². The zero-order valence-corrected chi connectivity index (χ0v) is 12.2. The molecule has 0 unspecified atom stereocenters. The molecule has 0 aliphatic rings. The standard InChI is InChI=1S/C13H15NO2S2/c1-10-4-6-11(7-5-10)8-12(14(15)16)9-13(17-2)18-3/h4-9H,1-3H3/b12-8+. The third-order valence-corrected chi connectivity index (χ3v) is 4.31. The second-order valence-electron chi connectivity index (χ2n) is 3.61. The van der Waals surface area contributed by atoms with Gasteiger partial charge in [0.1, 0.15) is 0 Å². The Labute approximate surface area is 116 Å². The maximum atomic E-state index is 11.0. The van der Waals surface area contributed by atoms with Crippen molar-refractivity contribution < 1.29 is 4.92 Å². The van der Waals surface area contributed by atoms with Crippen molar-refractivity contribution in [2.24, 2.45) is 0 Å². The van der Waals surface area contributed by atoms with E-state index in [0.29, 0.717) is 0 Å². The number of nitrogens with zero attached hydrogens (tertiary/aromatic N) is 1. The molecule has 0 amide bonds. The van der Waals surface area contributed by atoms with Crippen LogP contribution in [0.2, 0.25) is 0 Å². The van der Waals surface area contributed by atoms with E-state index in [0.717, 1.165) is 15.4 Å². The first kappa shape index (κ1) is 14.9. The lowest BCUT2D eigenvalue weighted by Gasteiger charge is -1.99. The van der Waals surface area contributed by atoms with E-state index in [-0.39, 0.29) is 10.6 Å². The number of nitro groups is 1. The van der Waals surface area contributed by atoms with Gasteiger partial charge in [-0.05, 0) is 25.0 Å². The summed E-state index contributed by atoms with van der Waals surface area (Å²) in [5.74, 6) is 0. The highest BCUT2D eigenvalue weighted by molar-refractivity contribution is 8.21. The van der Waals surface area contributed by atoms with Crippen LogP contribution in [0.1, 0.15) is 11.1 Å². The van der Waals surface area contributed by atoms with Gasteiger partial charge < -0.3 is 0 Å². The number of aryl methyl sites for hydroxylation is 1. The van der Waals surface area contributed by atoms with Gasteiger partial charge in [0, 0.05) is 16.4 Å². The lowest BCUT2D eigenvalue weighted by atomic mass is 10.1. The van der Waals surface area contributed by atoms with Crippen molar-refractivity contribution >= 4 is 29.6 Å². The van der Waals surface area contributed by atoms with Gasteiger partial charge in [0.15, 0.2) is 0 Å². The summed E-state index contributed by atoms with van der Waals surface area (Å²) >= 11 is 3.01. The fourth-order valence-electron chi connectivity index (χ4n) is 1.30. The highest BCUT2D eigenvalue weighted by Crippen LogP contribution is 2.25. The Morgan fingerprint density at radius 3 is 2.22 bits per heavy atom. The highest BCUT2D eigenvalue weighted by atomic mass is 32.2. The smallest absolute Gasteiger partial charge is 0.258 e. The predicted molar refractivity (Wildman–Crippen MR) is 81.3 cm³/mol. The molecular weight excluding hydrogens is 266 g/mol. The highest BCUT2D eigenvalue weighted by Gasteiger charge is 2.09. The fourth-order valence-corrected chi connectivity index (χ4v) is 2.45. The van der Waals surface area contributed by atoms with Gasteiger partial charge in [0.25, 0.3) is 5.70 Å². The Morgan fingerprint density at radius 1 is 1.22 bits per heavy atom. The van der Waals surface area contributed by atoms with Crippen LogP contribution < -0.4 is 0 Å². The third-order valence-electron chi connectivity index (χ3n) is 2.27. The van der Waals surface area contributed by atoms with E-state index < -0.39 is 0 Å². The average Bonchev–Trinajstić information content (AvgIpc) is 2.36. The van der Waals surface area contributed by atoms with E-state index in [2.05, 4.69) is 0 Å². The Kier molecular flexibility index (Phi) is 6.01. The molecule has 0 heterocycles. The van der Waals surface area contributed by atoms with Crippen LogP contribution in [0.25, 0.3) is 6.08 Å². The van der Waals surface area contributed by atoms with Crippen LogP contribution in [0.15, 0.2) is 40.3 Å². The lowest BCUT2D eigenvalue weighted by molar-refractivity contribution is -0.417. The number of thioether (sulfide) groups is 2. The second kappa shape index (κ2) is 7.28. The van der Waals surface area contributed by atoms with Crippen molar-refractivity contribution in [3.05, 3.63) is 61.5 Å². The number of benzene rings is 1. The summed E-state index contributed by atoms with van der Waals surface area (Å²) in [6.45, 7) is 1.99. The number of allylic oxidation sites excluding steroid dienone is 1. The van der Waals surface area contributed by atoms with Gasteiger partial charge >= 0.3 is 0 Å². The van der Waals surface area contributed by atoms with Crippen LogP contribution in [0.4, 0.5) is 0 Å². The first-order valence-electron chi connectivity index (χ1n) is 5.29. The maximum Gasteiger partial charge on any atom is 0.271 e. The van der Waals surface area contributed by atoms with Crippen LogP contribution in [-0.2, 0) is 0 Å². The summed E-state index contributed by atoms with van der Waals surface area (Å²) in [5, 5.41) is 11.0. The second-order valence-corrected chi connectivity index (χ2v) is 5.56. The summed E-state index contributed by atoms with van der Waals surface area (Å²) < 4.78 is 0.921. The predicted octanol–water partition coefficient (Wildman–Crippen LogP) is 4.18. The molecule has 0 atom stereocenters. The number of hydrogen-bond donors (Lipinski definition) is 0. The minimum absolute atomic E-state index is 0.109. The minimum atomic E-state index is -0.355. The van der Waals surface area contributed by atoms with E-state index in [4.69, 9.17) is 0 Å². The Balaban J connectivity index is 3.09. The topological polar surface area (TPSA) is 43.1 Å². The van der Waals surface area contributed by atoms with Gasteiger partial charge in [-0.3, -0.25) is 10.1 Å². The monoisotopic (exact) mass is 281 g/mol. The number of rotatable bonds is 5. The molecule has 0 fully saturated rings. The van der Waals surface area contributed by atoms with Crippen LogP contribution in [0, 0.1) is 17.0 Å². The van der Waals surface area contributed by atoms with Crippen molar-refractivity contribution in [2.75, 3.05) is 12.5 Å². The molecular formula is C13H15NO2S2. The summed E-state index contributed by atoms with van der Waals surface area (Å²) in [6.07, 6.45) is 7.01. The van der Waals surface area contributed by atoms with Crippen molar-refractivity contribution in [1.82, 2.24) is 0 Å². The first-order valence-corrected chi connectivity index (χ1v) is 7.74. The molecule has 5 heteroatoms. The average molecular weight is 281 g/mol. The van der Waals surface area contributed by atoms with Crippen LogP contribution in [-0.4, -0.2) is 17.4 Å².